The van der Waals surface area contributed by atoms with E-state index in [-0.39, 0.29) is 11.6 Å². The van der Waals surface area contributed by atoms with E-state index in [1.165, 1.54) is 25.6 Å². The lowest BCUT2D eigenvalue weighted by Gasteiger charge is -2.16. The van der Waals surface area contributed by atoms with E-state index in [1.807, 2.05) is 17.5 Å². The first-order valence-electron chi connectivity index (χ1n) is 11.0. The minimum Gasteiger partial charge on any atom is -0.493 e. The Hall–Kier alpha value is -4.11. The summed E-state index contributed by atoms with van der Waals surface area (Å²) in [4.78, 5) is 40.6. The molecule has 1 saturated heterocycles. The van der Waals surface area contributed by atoms with Crippen molar-refractivity contribution in [3.63, 3.8) is 0 Å². The zero-order valence-electron chi connectivity index (χ0n) is 19.4. The summed E-state index contributed by atoms with van der Waals surface area (Å²) in [5.41, 5.74) is 1.74. The quantitative estimate of drug-likeness (QED) is 0.458. The Morgan fingerprint density at radius 2 is 1.80 bits per heavy atom. The van der Waals surface area contributed by atoms with Crippen LogP contribution in [-0.2, 0) is 9.59 Å². The Morgan fingerprint density at radius 3 is 2.43 bits per heavy atom. The average molecular weight is 492 g/mol. The standard InChI is InChI=1S/C26H25N3O5S/c1-33-22-12-7-17(15-23(22)34-2)25(31)28-21(16-20-5-4-14-35-20)26(32)27-18-8-10-19(11-9-18)29-13-3-6-24(29)30/h4-5,7-12,14-16H,3,6,13H2,1-2H3,(H,27,32)(H,28,31)/b21-16-. The van der Waals surface area contributed by atoms with Crippen LogP contribution in [0.5, 0.6) is 11.5 Å². The molecule has 0 bridgehead atoms. The summed E-state index contributed by atoms with van der Waals surface area (Å²) in [6.07, 6.45) is 3.01. The van der Waals surface area contributed by atoms with E-state index in [0.717, 1.165) is 17.0 Å². The molecule has 4 rings (SSSR count). The maximum atomic E-state index is 13.1. The highest BCUT2D eigenvalue weighted by Gasteiger charge is 2.22. The Bertz CT molecular complexity index is 1250. The monoisotopic (exact) mass is 491 g/mol. The van der Waals surface area contributed by atoms with Crippen molar-refractivity contribution in [3.05, 3.63) is 76.1 Å². The summed E-state index contributed by atoms with van der Waals surface area (Å²) >= 11 is 1.44. The van der Waals surface area contributed by atoms with Gasteiger partial charge in [0.25, 0.3) is 11.8 Å². The van der Waals surface area contributed by atoms with Crippen LogP contribution >= 0.6 is 11.3 Å². The Kier molecular flexibility index (Phi) is 7.47. The number of amides is 3. The average Bonchev–Trinajstić information content (AvgIpc) is 3.55. The number of carbonyl (C=O) groups excluding carboxylic acids is 3. The second-order valence-electron chi connectivity index (χ2n) is 7.75. The third kappa shape index (κ3) is 5.70. The number of nitrogens with one attached hydrogen (secondary N) is 2. The largest absolute Gasteiger partial charge is 0.493 e. The van der Waals surface area contributed by atoms with Gasteiger partial charge in [0, 0.05) is 34.8 Å². The maximum absolute atomic E-state index is 13.1. The van der Waals surface area contributed by atoms with Crippen LogP contribution in [0.3, 0.4) is 0 Å². The number of ether oxygens (including phenoxy) is 2. The fraction of sp³-hybridized carbons (Fsp3) is 0.192. The minimum absolute atomic E-state index is 0.0889. The first kappa shape index (κ1) is 24.0. The number of methoxy groups -OCH3 is 2. The van der Waals surface area contributed by atoms with Gasteiger partial charge in [-0.25, -0.2) is 0 Å². The lowest BCUT2D eigenvalue weighted by atomic mass is 10.1. The van der Waals surface area contributed by atoms with Crippen molar-refractivity contribution in [2.24, 2.45) is 0 Å². The highest BCUT2D eigenvalue weighted by atomic mass is 32.1. The number of hydrogen-bond acceptors (Lipinski definition) is 6. The fourth-order valence-electron chi connectivity index (χ4n) is 3.69. The van der Waals surface area contributed by atoms with Crippen molar-refractivity contribution < 1.29 is 23.9 Å². The molecule has 3 aromatic rings. The Labute approximate surface area is 207 Å². The van der Waals surface area contributed by atoms with Crippen molar-refractivity contribution in [2.45, 2.75) is 12.8 Å². The lowest BCUT2D eigenvalue weighted by molar-refractivity contribution is -0.117. The Morgan fingerprint density at radius 1 is 1.03 bits per heavy atom. The summed E-state index contributed by atoms with van der Waals surface area (Å²) < 4.78 is 10.5. The van der Waals surface area contributed by atoms with Gasteiger partial charge < -0.3 is 25.0 Å². The highest BCUT2D eigenvalue weighted by molar-refractivity contribution is 7.10. The predicted molar refractivity (Wildman–Crippen MR) is 136 cm³/mol. The molecule has 0 atom stereocenters. The maximum Gasteiger partial charge on any atom is 0.272 e. The predicted octanol–water partition coefficient (Wildman–Crippen LogP) is 4.30. The molecule has 35 heavy (non-hydrogen) atoms. The molecular formula is C26H25N3O5S. The fourth-order valence-corrected chi connectivity index (χ4v) is 4.35. The molecule has 1 aromatic heterocycles. The molecule has 0 aliphatic carbocycles. The van der Waals surface area contributed by atoms with E-state index in [4.69, 9.17) is 9.47 Å². The van der Waals surface area contributed by atoms with E-state index in [1.54, 1.807) is 53.4 Å². The molecule has 2 aromatic carbocycles. The zero-order valence-corrected chi connectivity index (χ0v) is 20.2. The molecular weight excluding hydrogens is 466 g/mol. The summed E-state index contributed by atoms with van der Waals surface area (Å²) in [5.74, 6) is 0.0602. The van der Waals surface area contributed by atoms with E-state index in [0.29, 0.717) is 35.7 Å². The molecule has 9 heteroatoms. The van der Waals surface area contributed by atoms with Crippen LogP contribution in [0.4, 0.5) is 11.4 Å². The van der Waals surface area contributed by atoms with Gasteiger partial charge in [0.2, 0.25) is 5.91 Å². The van der Waals surface area contributed by atoms with E-state index >= 15 is 0 Å². The topological polar surface area (TPSA) is 97.0 Å². The SMILES string of the molecule is COc1ccc(C(=O)N/C(=C\c2cccs2)C(=O)Nc2ccc(N3CCCC3=O)cc2)cc1OC. The first-order chi connectivity index (χ1) is 17.0. The van der Waals surface area contributed by atoms with E-state index in [2.05, 4.69) is 10.6 Å². The third-order valence-corrected chi connectivity index (χ3v) is 6.30. The molecule has 3 amide bonds. The first-order valence-corrected chi connectivity index (χ1v) is 11.9. The second kappa shape index (κ2) is 10.9. The lowest BCUT2D eigenvalue weighted by Crippen LogP contribution is -2.30. The molecule has 0 spiro atoms. The van der Waals surface area contributed by atoms with Gasteiger partial charge in [-0.1, -0.05) is 6.07 Å². The number of rotatable bonds is 8. The molecule has 2 heterocycles. The van der Waals surface area contributed by atoms with Crippen molar-refractivity contribution >= 4 is 46.5 Å². The van der Waals surface area contributed by atoms with Gasteiger partial charge in [-0.15, -0.1) is 11.3 Å². The van der Waals surface area contributed by atoms with Gasteiger partial charge in [-0.2, -0.15) is 0 Å². The highest BCUT2D eigenvalue weighted by Crippen LogP contribution is 2.28. The number of benzene rings is 2. The van der Waals surface area contributed by atoms with Crippen LogP contribution in [0.1, 0.15) is 28.1 Å². The van der Waals surface area contributed by atoms with Crippen molar-refractivity contribution in [3.8, 4) is 11.5 Å². The molecule has 8 nitrogen and oxygen atoms in total. The zero-order chi connectivity index (χ0) is 24.8. The summed E-state index contributed by atoms with van der Waals surface area (Å²) in [7, 11) is 3.00. The molecule has 0 unspecified atom stereocenters. The van der Waals surface area contributed by atoms with Crippen LogP contribution < -0.4 is 25.0 Å². The van der Waals surface area contributed by atoms with Crippen molar-refractivity contribution in [1.82, 2.24) is 5.32 Å². The van der Waals surface area contributed by atoms with Gasteiger partial charge in [-0.05, 0) is 66.4 Å². The number of nitrogens with zero attached hydrogens (tertiary/aromatic N) is 1. The van der Waals surface area contributed by atoms with Crippen LogP contribution in [0.2, 0.25) is 0 Å². The van der Waals surface area contributed by atoms with Gasteiger partial charge in [0.15, 0.2) is 11.5 Å². The normalized spacial score (nSPS) is 13.5. The van der Waals surface area contributed by atoms with Gasteiger partial charge >= 0.3 is 0 Å². The molecule has 1 aliphatic heterocycles. The smallest absolute Gasteiger partial charge is 0.272 e. The number of carbonyl (C=O) groups is 3. The van der Waals surface area contributed by atoms with Gasteiger partial charge in [0.05, 0.1) is 14.2 Å². The minimum atomic E-state index is -0.475. The van der Waals surface area contributed by atoms with E-state index < -0.39 is 11.8 Å². The Balaban J connectivity index is 1.52. The third-order valence-electron chi connectivity index (χ3n) is 5.48. The van der Waals surface area contributed by atoms with Gasteiger partial charge in [0.1, 0.15) is 5.70 Å². The molecule has 2 N–H and O–H groups in total. The number of anilines is 2. The summed E-state index contributed by atoms with van der Waals surface area (Å²) in [5, 5.41) is 7.41. The molecule has 0 saturated carbocycles. The second-order valence-corrected chi connectivity index (χ2v) is 8.73. The molecule has 1 fully saturated rings. The number of hydrogen-bond donors (Lipinski definition) is 2. The van der Waals surface area contributed by atoms with E-state index in [9.17, 15) is 14.4 Å². The van der Waals surface area contributed by atoms with Crippen LogP contribution in [0, 0.1) is 0 Å². The number of thiophene rings is 1. The van der Waals surface area contributed by atoms with Crippen molar-refractivity contribution in [1.29, 1.82) is 0 Å². The van der Waals surface area contributed by atoms with Crippen LogP contribution in [-0.4, -0.2) is 38.5 Å². The van der Waals surface area contributed by atoms with Crippen LogP contribution in [0.15, 0.2) is 65.7 Å². The van der Waals surface area contributed by atoms with Gasteiger partial charge in [-0.3, -0.25) is 14.4 Å². The summed E-state index contributed by atoms with van der Waals surface area (Å²) in [6.45, 7) is 0.695. The van der Waals surface area contributed by atoms with Crippen LogP contribution in [0.25, 0.3) is 6.08 Å². The molecule has 0 radical (unpaired) electrons. The summed E-state index contributed by atoms with van der Waals surface area (Å²) in [6, 6.07) is 15.5. The van der Waals surface area contributed by atoms with Crippen molar-refractivity contribution in [2.75, 3.05) is 31.0 Å². The molecule has 1 aliphatic rings. The molecule has 180 valence electrons.